The van der Waals surface area contributed by atoms with Crippen LogP contribution in [-0.2, 0) is 4.79 Å². The molecule has 1 rings (SSSR count). The van der Waals surface area contributed by atoms with E-state index in [1.807, 2.05) is 13.0 Å². The van der Waals surface area contributed by atoms with Gasteiger partial charge in [-0.1, -0.05) is 0 Å². The Morgan fingerprint density at radius 2 is 2.18 bits per heavy atom. The van der Waals surface area contributed by atoms with Gasteiger partial charge in [-0.05, 0) is 26.0 Å². The number of aliphatic imine (C=N–C) groups is 1. The van der Waals surface area contributed by atoms with Crippen molar-refractivity contribution in [1.82, 2.24) is 0 Å². The summed E-state index contributed by atoms with van der Waals surface area (Å²) >= 11 is 0. The topological polar surface area (TPSA) is 47.9 Å². The molecule has 0 aliphatic rings. The van der Waals surface area contributed by atoms with Crippen molar-refractivity contribution in [3.63, 3.8) is 0 Å². The third-order valence-electron chi connectivity index (χ3n) is 2.41. The predicted molar refractivity (Wildman–Crippen MR) is 67.3 cm³/mol. The molecule has 0 heterocycles. The molecular weight excluding hydrogens is 218 g/mol. The lowest BCUT2D eigenvalue weighted by molar-refractivity contribution is -0.113. The zero-order valence-corrected chi connectivity index (χ0v) is 10.6. The van der Waals surface area contributed by atoms with Crippen molar-refractivity contribution in [1.29, 1.82) is 0 Å². The fraction of sp³-hybridized carbons (Fsp3) is 0.385. The van der Waals surface area contributed by atoms with E-state index in [2.05, 4.69) is 4.99 Å². The van der Waals surface area contributed by atoms with E-state index < -0.39 is 6.10 Å². The van der Waals surface area contributed by atoms with E-state index >= 15 is 0 Å². The van der Waals surface area contributed by atoms with Gasteiger partial charge >= 0.3 is 0 Å². The van der Waals surface area contributed by atoms with Crippen molar-refractivity contribution in [2.24, 2.45) is 4.99 Å². The smallest absolute Gasteiger partial charge is 0.160 e. The van der Waals surface area contributed by atoms with Crippen molar-refractivity contribution in [2.75, 3.05) is 14.2 Å². The van der Waals surface area contributed by atoms with E-state index in [1.165, 1.54) is 0 Å². The van der Waals surface area contributed by atoms with Crippen molar-refractivity contribution in [3.8, 4) is 11.5 Å². The van der Waals surface area contributed by atoms with Crippen molar-refractivity contribution < 1.29 is 14.3 Å². The highest BCUT2D eigenvalue weighted by atomic mass is 16.5. The molecule has 0 aliphatic heterocycles. The van der Waals surface area contributed by atoms with E-state index in [-0.39, 0.29) is 0 Å². The van der Waals surface area contributed by atoms with Gasteiger partial charge in [0.25, 0.3) is 0 Å². The van der Waals surface area contributed by atoms with E-state index in [9.17, 15) is 4.79 Å². The molecule has 0 unspecified atom stereocenters. The Bertz CT molecular complexity index is 427. The molecule has 0 spiro atoms. The van der Waals surface area contributed by atoms with Crippen LogP contribution in [0.2, 0.25) is 0 Å². The highest BCUT2D eigenvalue weighted by Gasteiger charge is 2.09. The molecule has 1 atom stereocenters. The number of hydrogen-bond donors (Lipinski definition) is 0. The lowest BCUT2D eigenvalue weighted by Crippen LogP contribution is -2.13. The quantitative estimate of drug-likeness (QED) is 0.580. The minimum atomic E-state index is -0.466. The fourth-order valence-corrected chi connectivity index (χ4v) is 1.41. The van der Waals surface area contributed by atoms with Crippen LogP contribution in [0.1, 0.15) is 19.4 Å². The number of aldehydes is 1. The molecule has 0 radical (unpaired) electrons. The van der Waals surface area contributed by atoms with Crippen LogP contribution in [0.4, 0.5) is 0 Å². The molecule has 4 nitrogen and oxygen atoms in total. The van der Waals surface area contributed by atoms with E-state index in [0.717, 1.165) is 17.6 Å². The minimum absolute atomic E-state index is 0.466. The van der Waals surface area contributed by atoms with Gasteiger partial charge in [0.2, 0.25) is 0 Å². The Morgan fingerprint density at radius 1 is 1.47 bits per heavy atom. The second-order valence-corrected chi connectivity index (χ2v) is 3.63. The standard InChI is InChI=1S/C13H17NO3/c1-9(8-15)17-11-5-6-12(10(2)14-3)13(7-11)16-4/h5-9H,1-4H3/t9-/m0/s1. The molecule has 0 saturated carbocycles. The second kappa shape index (κ2) is 6.03. The number of ether oxygens (including phenoxy) is 2. The van der Waals surface area contributed by atoms with E-state index in [4.69, 9.17) is 9.47 Å². The number of carbonyl (C=O) groups is 1. The number of carbonyl (C=O) groups excluding carboxylic acids is 1. The minimum Gasteiger partial charge on any atom is -0.496 e. The lowest BCUT2D eigenvalue weighted by atomic mass is 10.1. The average molecular weight is 235 g/mol. The molecular formula is C13H17NO3. The zero-order valence-electron chi connectivity index (χ0n) is 10.6. The SMILES string of the molecule is CN=C(C)c1ccc(O[C@@H](C)C=O)cc1OC. The number of methoxy groups -OCH3 is 1. The van der Waals surface area contributed by atoms with Crippen LogP contribution in [0.15, 0.2) is 23.2 Å². The molecule has 0 saturated heterocycles. The molecule has 0 aliphatic carbocycles. The second-order valence-electron chi connectivity index (χ2n) is 3.63. The van der Waals surface area contributed by atoms with E-state index in [0.29, 0.717) is 11.5 Å². The fourth-order valence-electron chi connectivity index (χ4n) is 1.41. The van der Waals surface area contributed by atoms with Crippen LogP contribution in [0.25, 0.3) is 0 Å². The summed E-state index contributed by atoms with van der Waals surface area (Å²) in [6.07, 6.45) is 0.283. The van der Waals surface area contributed by atoms with Crippen LogP contribution in [0.3, 0.4) is 0 Å². The molecule has 0 fully saturated rings. The molecule has 92 valence electrons. The largest absolute Gasteiger partial charge is 0.496 e. The lowest BCUT2D eigenvalue weighted by Gasteiger charge is -2.12. The van der Waals surface area contributed by atoms with Gasteiger partial charge in [0.1, 0.15) is 11.5 Å². The zero-order chi connectivity index (χ0) is 12.8. The molecule has 0 N–H and O–H groups in total. The molecule has 4 heteroatoms. The summed E-state index contributed by atoms with van der Waals surface area (Å²) in [7, 11) is 3.32. The molecule has 0 amide bonds. The molecule has 1 aromatic rings. The van der Waals surface area contributed by atoms with Gasteiger partial charge in [0, 0.05) is 24.4 Å². The van der Waals surface area contributed by atoms with Gasteiger partial charge in [-0.25, -0.2) is 0 Å². The molecule has 0 aromatic heterocycles. The Balaban J connectivity index is 3.04. The number of nitrogens with zero attached hydrogens (tertiary/aromatic N) is 1. The summed E-state index contributed by atoms with van der Waals surface area (Å²) in [5.41, 5.74) is 1.80. The Kier molecular flexibility index (Phi) is 4.69. The highest BCUT2D eigenvalue weighted by molar-refractivity contribution is 6.01. The molecule has 1 aromatic carbocycles. The van der Waals surface area contributed by atoms with Crippen LogP contribution < -0.4 is 9.47 Å². The molecule has 0 bridgehead atoms. The Labute approximate surface area is 101 Å². The van der Waals surface area contributed by atoms with E-state index in [1.54, 1.807) is 33.2 Å². The van der Waals surface area contributed by atoms with Gasteiger partial charge in [-0.15, -0.1) is 0 Å². The Hall–Kier alpha value is -1.84. The van der Waals surface area contributed by atoms with Gasteiger partial charge in [-0.3, -0.25) is 9.79 Å². The maximum absolute atomic E-state index is 10.5. The third kappa shape index (κ3) is 3.31. The molecule has 17 heavy (non-hydrogen) atoms. The van der Waals surface area contributed by atoms with Crippen LogP contribution in [0, 0.1) is 0 Å². The van der Waals surface area contributed by atoms with Crippen molar-refractivity contribution >= 4 is 12.0 Å². The summed E-state index contributed by atoms with van der Waals surface area (Å²) < 4.78 is 10.7. The first-order valence-corrected chi connectivity index (χ1v) is 5.36. The predicted octanol–water partition coefficient (Wildman–Crippen LogP) is 2.10. The summed E-state index contributed by atoms with van der Waals surface area (Å²) in [5.74, 6) is 1.29. The first-order chi connectivity index (χ1) is 8.12. The van der Waals surface area contributed by atoms with Gasteiger partial charge < -0.3 is 9.47 Å². The maximum Gasteiger partial charge on any atom is 0.160 e. The summed E-state index contributed by atoms with van der Waals surface area (Å²) in [6, 6.07) is 5.42. The number of hydrogen-bond acceptors (Lipinski definition) is 4. The number of benzene rings is 1. The summed E-state index contributed by atoms with van der Waals surface area (Å²) in [4.78, 5) is 14.6. The maximum atomic E-state index is 10.5. The monoisotopic (exact) mass is 235 g/mol. The van der Waals surface area contributed by atoms with Gasteiger partial charge in [0.15, 0.2) is 12.4 Å². The van der Waals surface area contributed by atoms with Crippen LogP contribution in [-0.4, -0.2) is 32.3 Å². The first kappa shape index (κ1) is 13.2. The normalized spacial score (nSPS) is 13.1. The summed E-state index contributed by atoms with van der Waals surface area (Å²) in [5, 5.41) is 0. The third-order valence-corrected chi connectivity index (χ3v) is 2.41. The van der Waals surface area contributed by atoms with Crippen LogP contribution in [0.5, 0.6) is 11.5 Å². The highest BCUT2D eigenvalue weighted by Crippen LogP contribution is 2.25. The Morgan fingerprint density at radius 3 is 2.71 bits per heavy atom. The first-order valence-electron chi connectivity index (χ1n) is 5.36. The van der Waals surface area contributed by atoms with Crippen molar-refractivity contribution in [2.45, 2.75) is 20.0 Å². The average Bonchev–Trinajstić information content (AvgIpc) is 2.37. The number of rotatable bonds is 5. The van der Waals surface area contributed by atoms with Crippen LogP contribution >= 0.6 is 0 Å². The van der Waals surface area contributed by atoms with Crippen molar-refractivity contribution in [3.05, 3.63) is 23.8 Å². The van der Waals surface area contributed by atoms with Gasteiger partial charge in [0.05, 0.1) is 7.11 Å². The summed E-state index contributed by atoms with van der Waals surface area (Å²) in [6.45, 7) is 3.60. The van der Waals surface area contributed by atoms with Gasteiger partial charge in [-0.2, -0.15) is 0 Å².